The molecule has 0 radical (unpaired) electrons. The summed E-state index contributed by atoms with van der Waals surface area (Å²) in [5, 5.41) is 2.59. The molecule has 8 nitrogen and oxygen atoms in total. The first-order chi connectivity index (χ1) is 15.6. The van der Waals surface area contributed by atoms with Crippen LogP contribution in [0.4, 0.5) is 5.69 Å². The first-order valence-electron chi connectivity index (χ1n) is 10.7. The number of likely N-dealkylation sites (N-methyl/N-ethyl adjacent to an activating group) is 1. The van der Waals surface area contributed by atoms with Crippen molar-refractivity contribution in [1.29, 1.82) is 0 Å². The van der Waals surface area contributed by atoms with Gasteiger partial charge in [0.05, 0.1) is 19.1 Å². The number of hydrogen-bond donors (Lipinski definition) is 1. The molecule has 0 aliphatic carbocycles. The lowest BCUT2D eigenvalue weighted by atomic mass is 10.1. The molecule has 0 aliphatic heterocycles. The molecule has 1 N–H and O–H groups in total. The molecule has 0 aromatic heterocycles. The molecule has 0 saturated heterocycles. The minimum atomic E-state index is -3.56. The zero-order chi connectivity index (χ0) is 24.6. The molecule has 0 unspecified atom stereocenters. The Morgan fingerprint density at radius 1 is 1.12 bits per heavy atom. The molecule has 0 saturated carbocycles. The summed E-state index contributed by atoms with van der Waals surface area (Å²) < 4.78 is 31.2. The monoisotopic (exact) mass is 475 g/mol. The first-order valence-corrected chi connectivity index (χ1v) is 12.6. The maximum absolute atomic E-state index is 13.1. The number of sulfonamides is 1. The number of anilines is 1. The molecule has 9 heteroatoms. The van der Waals surface area contributed by atoms with E-state index in [2.05, 4.69) is 5.32 Å². The molecule has 180 valence electrons. The number of nitrogens with one attached hydrogen (secondary N) is 1. The maximum Gasteiger partial charge on any atom is 0.242 e. The van der Waals surface area contributed by atoms with Crippen molar-refractivity contribution in [2.45, 2.75) is 39.3 Å². The Labute approximate surface area is 196 Å². The molecule has 0 aliphatic rings. The summed E-state index contributed by atoms with van der Waals surface area (Å²) in [5.41, 5.74) is 2.49. The van der Waals surface area contributed by atoms with Crippen LogP contribution in [0, 0.1) is 6.92 Å². The fourth-order valence-electron chi connectivity index (χ4n) is 3.45. The van der Waals surface area contributed by atoms with Gasteiger partial charge in [-0.05, 0) is 38.0 Å². The van der Waals surface area contributed by atoms with Crippen LogP contribution in [0.15, 0.2) is 48.5 Å². The molecular formula is C24H33N3O5S. The van der Waals surface area contributed by atoms with E-state index in [0.29, 0.717) is 24.4 Å². The number of methoxy groups -OCH3 is 1. The highest BCUT2D eigenvalue weighted by molar-refractivity contribution is 7.92. The highest BCUT2D eigenvalue weighted by Crippen LogP contribution is 2.24. The second-order valence-corrected chi connectivity index (χ2v) is 9.84. The Hall–Kier alpha value is -3.07. The predicted octanol–water partition coefficient (Wildman–Crippen LogP) is 2.71. The Morgan fingerprint density at radius 2 is 1.79 bits per heavy atom. The second kappa shape index (κ2) is 11.7. The number of carbonyl (C=O) groups is 2. The highest BCUT2D eigenvalue weighted by Gasteiger charge is 2.26. The highest BCUT2D eigenvalue weighted by atomic mass is 32.2. The number of amides is 2. The fourth-order valence-corrected chi connectivity index (χ4v) is 4.41. The fraction of sp³-hybridized carbons (Fsp3) is 0.417. The van der Waals surface area contributed by atoms with Crippen molar-refractivity contribution in [2.75, 3.05) is 31.3 Å². The average Bonchev–Trinajstić information content (AvgIpc) is 2.79. The standard InChI is InChI=1S/C24H33N3O5S/c1-18-11-13-20(14-12-18)17-26(19(2)24(29)25-3)23(28)10-7-15-27(33(5,30)31)21-8-6-9-22(16-21)32-4/h6,8-9,11-14,16,19H,7,10,15,17H2,1-5H3,(H,25,29)/t19-/m0/s1. The second-order valence-electron chi connectivity index (χ2n) is 7.94. The number of aryl methyl sites for hydroxylation is 1. The third-order valence-corrected chi connectivity index (χ3v) is 6.57. The van der Waals surface area contributed by atoms with Gasteiger partial charge in [0.25, 0.3) is 0 Å². The normalized spacial score (nSPS) is 12.0. The molecule has 2 aromatic carbocycles. The molecule has 0 fully saturated rings. The van der Waals surface area contributed by atoms with Gasteiger partial charge in [0, 0.05) is 32.6 Å². The van der Waals surface area contributed by atoms with Gasteiger partial charge in [-0.2, -0.15) is 0 Å². The van der Waals surface area contributed by atoms with Gasteiger partial charge in [0.15, 0.2) is 0 Å². The van der Waals surface area contributed by atoms with Crippen LogP contribution in [0.25, 0.3) is 0 Å². The van der Waals surface area contributed by atoms with Gasteiger partial charge in [-0.3, -0.25) is 13.9 Å². The molecule has 2 aromatic rings. The van der Waals surface area contributed by atoms with E-state index in [1.165, 1.54) is 23.4 Å². The van der Waals surface area contributed by atoms with E-state index < -0.39 is 16.1 Å². The molecule has 0 spiro atoms. The average molecular weight is 476 g/mol. The first kappa shape index (κ1) is 26.2. The third-order valence-electron chi connectivity index (χ3n) is 5.38. The zero-order valence-corrected chi connectivity index (χ0v) is 20.7. The molecule has 1 atom stereocenters. The van der Waals surface area contributed by atoms with E-state index in [1.807, 2.05) is 31.2 Å². The predicted molar refractivity (Wildman–Crippen MR) is 130 cm³/mol. The van der Waals surface area contributed by atoms with E-state index in [-0.39, 0.29) is 24.8 Å². The van der Waals surface area contributed by atoms with Crippen LogP contribution >= 0.6 is 0 Å². The summed E-state index contributed by atoms with van der Waals surface area (Å²) in [4.78, 5) is 26.9. The lowest BCUT2D eigenvalue weighted by Crippen LogP contribution is -2.46. The summed E-state index contributed by atoms with van der Waals surface area (Å²) in [6.07, 6.45) is 1.53. The number of hydrogen-bond acceptors (Lipinski definition) is 5. The zero-order valence-electron chi connectivity index (χ0n) is 19.9. The van der Waals surface area contributed by atoms with Gasteiger partial charge in [-0.15, -0.1) is 0 Å². The van der Waals surface area contributed by atoms with E-state index in [4.69, 9.17) is 4.74 Å². The van der Waals surface area contributed by atoms with Gasteiger partial charge in [-0.1, -0.05) is 35.9 Å². The van der Waals surface area contributed by atoms with Crippen molar-refractivity contribution in [3.63, 3.8) is 0 Å². The topological polar surface area (TPSA) is 96.0 Å². The van der Waals surface area contributed by atoms with Crippen LogP contribution in [0.2, 0.25) is 0 Å². The van der Waals surface area contributed by atoms with Gasteiger partial charge in [-0.25, -0.2) is 8.42 Å². The molecule has 0 heterocycles. The van der Waals surface area contributed by atoms with Crippen LogP contribution in [0.1, 0.15) is 30.9 Å². The summed E-state index contributed by atoms with van der Waals surface area (Å²) in [6.45, 7) is 4.09. The Kier molecular flexibility index (Phi) is 9.28. The summed E-state index contributed by atoms with van der Waals surface area (Å²) in [7, 11) is -0.513. The van der Waals surface area contributed by atoms with Gasteiger partial charge >= 0.3 is 0 Å². The van der Waals surface area contributed by atoms with Crippen LogP contribution in [-0.4, -0.2) is 58.1 Å². The summed E-state index contributed by atoms with van der Waals surface area (Å²) >= 11 is 0. The number of rotatable bonds is 11. The van der Waals surface area contributed by atoms with E-state index in [1.54, 1.807) is 31.2 Å². The lowest BCUT2D eigenvalue weighted by Gasteiger charge is -2.29. The van der Waals surface area contributed by atoms with Crippen molar-refractivity contribution < 1.29 is 22.7 Å². The van der Waals surface area contributed by atoms with Crippen molar-refractivity contribution in [1.82, 2.24) is 10.2 Å². The molecule has 0 bridgehead atoms. The van der Waals surface area contributed by atoms with Crippen LogP contribution < -0.4 is 14.4 Å². The number of nitrogens with zero attached hydrogens (tertiary/aromatic N) is 2. The van der Waals surface area contributed by atoms with Crippen LogP contribution in [0.5, 0.6) is 5.75 Å². The van der Waals surface area contributed by atoms with E-state index in [0.717, 1.165) is 17.4 Å². The third kappa shape index (κ3) is 7.49. The quantitative estimate of drug-likeness (QED) is 0.539. The summed E-state index contributed by atoms with van der Waals surface area (Å²) in [5.74, 6) is 0.0660. The molecule has 2 rings (SSSR count). The molecule has 33 heavy (non-hydrogen) atoms. The van der Waals surface area contributed by atoms with Crippen LogP contribution in [-0.2, 0) is 26.2 Å². The van der Waals surface area contributed by atoms with E-state index >= 15 is 0 Å². The van der Waals surface area contributed by atoms with Crippen molar-refractivity contribution in [2.24, 2.45) is 0 Å². The maximum atomic E-state index is 13.1. The molecular weight excluding hydrogens is 442 g/mol. The van der Waals surface area contributed by atoms with E-state index in [9.17, 15) is 18.0 Å². The number of carbonyl (C=O) groups excluding carboxylic acids is 2. The minimum absolute atomic E-state index is 0.100. The Bertz CT molecular complexity index is 1050. The van der Waals surface area contributed by atoms with Crippen molar-refractivity contribution in [3.8, 4) is 5.75 Å². The van der Waals surface area contributed by atoms with Crippen molar-refractivity contribution >= 4 is 27.5 Å². The summed E-state index contributed by atoms with van der Waals surface area (Å²) in [6, 6.07) is 13.9. The Balaban J connectivity index is 2.14. The Morgan fingerprint density at radius 3 is 2.36 bits per heavy atom. The minimum Gasteiger partial charge on any atom is -0.497 e. The lowest BCUT2D eigenvalue weighted by molar-refractivity contribution is -0.140. The number of benzene rings is 2. The van der Waals surface area contributed by atoms with Crippen LogP contribution in [0.3, 0.4) is 0 Å². The van der Waals surface area contributed by atoms with Gasteiger partial charge in [0.2, 0.25) is 21.8 Å². The molecule has 2 amide bonds. The number of ether oxygens (including phenoxy) is 1. The SMILES string of the molecule is CNC(=O)[C@H](C)N(Cc1ccc(C)cc1)C(=O)CCCN(c1cccc(OC)c1)S(C)(=O)=O. The van der Waals surface area contributed by atoms with Gasteiger partial charge in [0.1, 0.15) is 11.8 Å². The van der Waals surface area contributed by atoms with Gasteiger partial charge < -0.3 is 15.0 Å². The smallest absolute Gasteiger partial charge is 0.242 e. The largest absolute Gasteiger partial charge is 0.497 e. The van der Waals surface area contributed by atoms with Crippen molar-refractivity contribution in [3.05, 3.63) is 59.7 Å².